The van der Waals surface area contributed by atoms with E-state index < -0.39 is 15.8 Å². The van der Waals surface area contributed by atoms with Crippen LogP contribution in [0.3, 0.4) is 0 Å². The van der Waals surface area contributed by atoms with Crippen LogP contribution >= 0.6 is 23.2 Å². The van der Waals surface area contributed by atoms with Crippen molar-refractivity contribution in [2.24, 2.45) is 0 Å². The van der Waals surface area contributed by atoms with E-state index in [1.165, 1.54) is 6.92 Å². The molecule has 0 aromatic heterocycles. The molecular formula is C8H8Cl2FNO2S. The molecule has 0 atom stereocenters. The molecule has 0 saturated carbocycles. The van der Waals surface area contributed by atoms with Crippen LogP contribution in [-0.2, 0) is 10.0 Å². The lowest BCUT2D eigenvalue weighted by atomic mass is 10.3. The standard InChI is InChI=1S/C8H8Cl2FNO2S/c1-2-15(13,14)12-5-3-6(9)8(11)7(10)4-5/h3-4,12H,2H2,1H3. The molecule has 1 aromatic carbocycles. The van der Waals surface area contributed by atoms with Crippen LogP contribution in [0.2, 0.25) is 10.0 Å². The maximum Gasteiger partial charge on any atom is 0.232 e. The lowest BCUT2D eigenvalue weighted by Gasteiger charge is -2.07. The number of anilines is 1. The fraction of sp³-hybridized carbons (Fsp3) is 0.250. The fourth-order valence-corrected chi connectivity index (χ4v) is 1.97. The van der Waals surface area contributed by atoms with E-state index in [4.69, 9.17) is 23.2 Å². The largest absolute Gasteiger partial charge is 0.283 e. The zero-order valence-corrected chi connectivity index (χ0v) is 10.0. The molecule has 7 heteroatoms. The summed E-state index contributed by atoms with van der Waals surface area (Å²) in [6.07, 6.45) is 0. The molecule has 0 bridgehead atoms. The average Bonchev–Trinajstić information content (AvgIpc) is 2.13. The number of hydrogen-bond donors (Lipinski definition) is 1. The first-order valence-corrected chi connectivity index (χ1v) is 6.41. The van der Waals surface area contributed by atoms with E-state index in [0.29, 0.717) is 0 Å². The van der Waals surface area contributed by atoms with Gasteiger partial charge >= 0.3 is 0 Å². The number of nitrogens with one attached hydrogen (secondary N) is 1. The van der Waals surface area contributed by atoms with E-state index in [1.807, 2.05) is 0 Å². The van der Waals surface area contributed by atoms with Crippen LogP contribution in [0.4, 0.5) is 10.1 Å². The quantitative estimate of drug-likeness (QED) is 0.860. The van der Waals surface area contributed by atoms with Crippen molar-refractivity contribution >= 4 is 38.9 Å². The highest BCUT2D eigenvalue weighted by molar-refractivity contribution is 7.92. The predicted octanol–water partition coefficient (Wildman–Crippen LogP) is 2.89. The van der Waals surface area contributed by atoms with Gasteiger partial charge in [-0.15, -0.1) is 0 Å². The Morgan fingerprint density at radius 2 is 1.80 bits per heavy atom. The summed E-state index contributed by atoms with van der Waals surface area (Å²) in [6, 6.07) is 2.33. The summed E-state index contributed by atoms with van der Waals surface area (Å²) in [7, 11) is -3.41. The van der Waals surface area contributed by atoms with Crippen molar-refractivity contribution in [3.8, 4) is 0 Å². The van der Waals surface area contributed by atoms with Crippen LogP contribution in [0.1, 0.15) is 6.92 Å². The zero-order chi connectivity index (χ0) is 11.6. The van der Waals surface area contributed by atoms with Crippen molar-refractivity contribution in [2.45, 2.75) is 6.92 Å². The highest BCUT2D eigenvalue weighted by Crippen LogP contribution is 2.27. The molecule has 0 amide bonds. The zero-order valence-electron chi connectivity index (χ0n) is 7.72. The van der Waals surface area contributed by atoms with Crippen LogP contribution in [0.15, 0.2) is 12.1 Å². The molecule has 1 N–H and O–H groups in total. The second kappa shape index (κ2) is 4.55. The molecule has 15 heavy (non-hydrogen) atoms. The van der Waals surface area contributed by atoms with Crippen molar-refractivity contribution < 1.29 is 12.8 Å². The van der Waals surface area contributed by atoms with Gasteiger partial charge in [0, 0.05) is 0 Å². The molecule has 0 aliphatic heterocycles. The van der Waals surface area contributed by atoms with E-state index in [9.17, 15) is 12.8 Å². The fourth-order valence-electron chi connectivity index (χ4n) is 0.866. The molecule has 0 aliphatic rings. The van der Waals surface area contributed by atoms with E-state index in [-0.39, 0.29) is 21.5 Å². The molecular weight excluding hydrogens is 264 g/mol. The van der Waals surface area contributed by atoms with Crippen molar-refractivity contribution in [2.75, 3.05) is 10.5 Å². The number of halogens is 3. The SMILES string of the molecule is CCS(=O)(=O)Nc1cc(Cl)c(F)c(Cl)c1. The summed E-state index contributed by atoms with van der Waals surface area (Å²) in [5, 5.41) is -0.451. The summed E-state index contributed by atoms with van der Waals surface area (Å²) >= 11 is 11.0. The molecule has 1 rings (SSSR count). The number of hydrogen-bond acceptors (Lipinski definition) is 2. The smallest absolute Gasteiger partial charge is 0.232 e. The van der Waals surface area contributed by atoms with Gasteiger partial charge in [0.2, 0.25) is 10.0 Å². The molecule has 0 fully saturated rings. The van der Waals surface area contributed by atoms with Crippen LogP contribution in [0, 0.1) is 5.82 Å². The molecule has 0 radical (unpaired) electrons. The number of rotatable bonds is 3. The maximum atomic E-state index is 13.0. The monoisotopic (exact) mass is 271 g/mol. The molecule has 0 saturated heterocycles. The molecule has 0 spiro atoms. The van der Waals surface area contributed by atoms with Crippen LogP contribution in [0.5, 0.6) is 0 Å². The summed E-state index contributed by atoms with van der Waals surface area (Å²) < 4.78 is 37.6. The predicted molar refractivity (Wildman–Crippen MR) is 59.5 cm³/mol. The van der Waals surface area contributed by atoms with Crippen molar-refractivity contribution in [3.63, 3.8) is 0 Å². The molecule has 84 valence electrons. The van der Waals surface area contributed by atoms with Crippen molar-refractivity contribution in [1.29, 1.82) is 0 Å². The number of sulfonamides is 1. The van der Waals surface area contributed by atoms with Crippen LogP contribution < -0.4 is 4.72 Å². The van der Waals surface area contributed by atoms with Gasteiger partial charge in [-0.25, -0.2) is 12.8 Å². The normalized spacial score (nSPS) is 11.5. The second-order valence-corrected chi connectivity index (χ2v) is 5.58. The Hall–Kier alpha value is -0.520. The third kappa shape index (κ3) is 3.22. The van der Waals surface area contributed by atoms with Crippen molar-refractivity contribution in [3.05, 3.63) is 28.0 Å². The maximum absolute atomic E-state index is 13.0. The Bertz CT molecular complexity index is 453. The topological polar surface area (TPSA) is 46.2 Å². The molecule has 3 nitrogen and oxygen atoms in total. The lowest BCUT2D eigenvalue weighted by molar-refractivity contribution is 0.602. The van der Waals surface area contributed by atoms with Gasteiger partial charge in [0.25, 0.3) is 0 Å². The molecule has 0 aliphatic carbocycles. The third-order valence-corrected chi connectivity index (χ3v) is 3.49. The van der Waals surface area contributed by atoms with Gasteiger partial charge in [-0.3, -0.25) is 4.72 Å². The van der Waals surface area contributed by atoms with Gasteiger partial charge in [0.15, 0.2) is 5.82 Å². The molecule has 0 heterocycles. The summed E-state index contributed by atoms with van der Waals surface area (Å²) in [6.45, 7) is 1.48. The minimum Gasteiger partial charge on any atom is -0.283 e. The van der Waals surface area contributed by atoms with E-state index in [0.717, 1.165) is 12.1 Å². The molecule has 1 aromatic rings. The highest BCUT2D eigenvalue weighted by Gasteiger charge is 2.11. The van der Waals surface area contributed by atoms with Crippen LogP contribution in [-0.4, -0.2) is 14.2 Å². The van der Waals surface area contributed by atoms with Gasteiger partial charge in [0.1, 0.15) is 0 Å². The number of benzene rings is 1. The van der Waals surface area contributed by atoms with Gasteiger partial charge in [-0.2, -0.15) is 0 Å². The molecule has 0 unspecified atom stereocenters. The first-order valence-electron chi connectivity index (χ1n) is 4.00. The summed E-state index contributed by atoms with van der Waals surface area (Å²) in [5.74, 6) is -0.850. The highest BCUT2D eigenvalue weighted by atomic mass is 35.5. The Morgan fingerprint density at radius 3 is 2.20 bits per heavy atom. The first-order chi connectivity index (χ1) is 6.85. The summed E-state index contributed by atoms with van der Waals surface area (Å²) in [5.41, 5.74) is 0.147. The Kier molecular flexibility index (Phi) is 3.81. The van der Waals surface area contributed by atoms with Gasteiger partial charge in [-0.05, 0) is 19.1 Å². The average molecular weight is 272 g/mol. The van der Waals surface area contributed by atoms with E-state index in [1.54, 1.807) is 0 Å². The van der Waals surface area contributed by atoms with E-state index in [2.05, 4.69) is 4.72 Å². The Morgan fingerprint density at radius 1 is 1.33 bits per heavy atom. The minimum absolute atomic E-state index is 0.0837. The van der Waals surface area contributed by atoms with Gasteiger partial charge < -0.3 is 0 Å². The van der Waals surface area contributed by atoms with E-state index >= 15 is 0 Å². The van der Waals surface area contributed by atoms with Crippen molar-refractivity contribution in [1.82, 2.24) is 0 Å². The minimum atomic E-state index is -3.41. The third-order valence-electron chi connectivity index (χ3n) is 1.64. The summed E-state index contributed by atoms with van der Waals surface area (Å²) in [4.78, 5) is 0. The van der Waals surface area contributed by atoms with Crippen LogP contribution in [0.25, 0.3) is 0 Å². The van der Waals surface area contributed by atoms with Gasteiger partial charge in [-0.1, -0.05) is 23.2 Å². The first kappa shape index (κ1) is 12.5. The lowest BCUT2D eigenvalue weighted by Crippen LogP contribution is -2.14. The Balaban J connectivity index is 3.08. The second-order valence-electron chi connectivity index (χ2n) is 2.76. The Labute approximate surface area is 97.2 Å². The van der Waals surface area contributed by atoms with Gasteiger partial charge in [0.05, 0.1) is 21.5 Å².